The number of benzene rings is 2. The van der Waals surface area contributed by atoms with E-state index in [0.717, 1.165) is 6.07 Å². The molecule has 0 aliphatic carbocycles. The summed E-state index contributed by atoms with van der Waals surface area (Å²) in [6.45, 7) is 2.15. The van der Waals surface area contributed by atoms with Crippen molar-refractivity contribution in [3.63, 3.8) is 0 Å². The van der Waals surface area contributed by atoms with E-state index in [1.54, 1.807) is 25.1 Å². The Labute approximate surface area is 162 Å². The number of aromatic nitrogens is 5. The van der Waals surface area contributed by atoms with Crippen molar-refractivity contribution in [3.05, 3.63) is 58.1 Å². The fourth-order valence-electron chi connectivity index (χ4n) is 2.93. The van der Waals surface area contributed by atoms with Crippen molar-refractivity contribution in [1.29, 1.82) is 0 Å². The fraction of sp³-hybridized carbons (Fsp3) is 0.105. The predicted molar refractivity (Wildman–Crippen MR) is 101 cm³/mol. The second kappa shape index (κ2) is 7.15. The number of aromatic carboxylic acids is 1. The zero-order valence-electron chi connectivity index (χ0n) is 15.1. The Kier molecular flexibility index (Phi) is 4.51. The SMILES string of the molecule is CCOc1cc(-c2ccc(C(=O)O)c(F)c2)ccc1-c1nc2[nH]nnc2c(=O)[nH]1. The Bertz CT molecular complexity index is 1300. The highest BCUT2D eigenvalue weighted by atomic mass is 19.1. The van der Waals surface area contributed by atoms with Gasteiger partial charge < -0.3 is 14.8 Å². The third-order valence-electron chi connectivity index (χ3n) is 4.27. The largest absolute Gasteiger partial charge is 0.493 e. The van der Waals surface area contributed by atoms with Crippen LogP contribution in [0.2, 0.25) is 0 Å². The van der Waals surface area contributed by atoms with Crippen molar-refractivity contribution < 1.29 is 19.0 Å². The van der Waals surface area contributed by atoms with Gasteiger partial charge in [0.2, 0.25) is 0 Å². The van der Waals surface area contributed by atoms with Gasteiger partial charge in [0.05, 0.1) is 17.7 Å². The first kappa shape index (κ1) is 18.3. The van der Waals surface area contributed by atoms with Gasteiger partial charge in [-0.3, -0.25) is 4.79 Å². The van der Waals surface area contributed by atoms with E-state index in [9.17, 15) is 14.0 Å². The topological polar surface area (TPSA) is 134 Å². The lowest BCUT2D eigenvalue weighted by Crippen LogP contribution is -2.10. The number of nitrogens with zero attached hydrogens (tertiary/aromatic N) is 3. The lowest BCUT2D eigenvalue weighted by atomic mass is 10.0. The molecule has 0 aliphatic rings. The highest BCUT2D eigenvalue weighted by Gasteiger charge is 2.16. The maximum absolute atomic E-state index is 14.1. The third-order valence-corrected chi connectivity index (χ3v) is 4.27. The zero-order valence-corrected chi connectivity index (χ0v) is 15.1. The Balaban J connectivity index is 1.82. The number of ether oxygens (including phenoxy) is 1. The van der Waals surface area contributed by atoms with Gasteiger partial charge in [0.15, 0.2) is 11.2 Å². The Hall–Kier alpha value is -4.08. The fourth-order valence-corrected chi connectivity index (χ4v) is 2.93. The van der Waals surface area contributed by atoms with Crippen LogP contribution >= 0.6 is 0 Å². The minimum absolute atomic E-state index is 0.0947. The average Bonchev–Trinajstić information content (AvgIpc) is 3.17. The van der Waals surface area contributed by atoms with Crippen LogP contribution in [-0.2, 0) is 0 Å². The highest BCUT2D eigenvalue weighted by molar-refractivity contribution is 5.89. The Morgan fingerprint density at radius 3 is 2.69 bits per heavy atom. The number of halogens is 1. The van der Waals surface area contributed by atoms with Gasteiger partial charge in [0, 0.05) is 0 Å². The molecule has 0 saturated carbocycles. The number of hydrogen-bond acceptors (Lipinski definition) is 6. The van der Waals surface area contributed by atoms with Crippen molar-refractivity contribution in [3.8, 4) is 28.3 Å². The van der Waals surface area contributed by atoms with E-state index in [0.29, 0.717) is 29.0 Å². The molecule has 0 unspecified atom stereocenters. The van der Waals surface area contributed by atoms with Crippen LogP contribution in [-0.4, -0.2) is 43.1 Å². The van der Waals surface area contributed by atoms with Crippen LogP contribution in [0.5, 0.6) is 5.75 Å². The summed E-state index contributed by atoms with van der Waals surface area (Å²) in [5.41, 5.74) is 1.09. The Morgan fingerprint density at radius 1 is 1.21 bits per heavy atom. The standard InChI is InChI=1S/C19H14FN5O4/c1-2-29-14-8-10(9-3-5-11(19(27)28)13(20)7-9)4-6-12(14)16-21-17-15(18(26)22-16)23-25-24-17/h3-8H,2H2,1H3,(H,27,28)(H2,21,22,23,24,25,26). The molecule has 10 heteroatoms. The molecule has 0 aliphatic heterocycles. The van der Waals surface area contributed by atoms with E-state index in [1.807, 2.05) is 0 Å². The van der Waals surface area contributed by atoms with Crippen LogP contribution in [0.1, 0.15) is 17.3 Å². The number of carbonyl (C=O) groups is 1. The monoisotopic (exact) mass is 395 g/mol. The van der Waals surface area contributed by atoms with Gasteiger partial charge >= 0.3 is 5.97 Å². The summed E-state index contributed by atoms with van der Waals surface area (Å²) in [6.07, 6.45) is 0. The van der Waals surface area contributed by atoms with Crippen molar-refractivity contribution in [2.75, 3.05) is 6.61 Å². The molecule has 146 valence electrons. The van der Waals surface area contributed by atoms with Crippen LogP contribution in [0.4, 0.5) is 4.39 Å². The minimum atomic E-state index is -1.34. The number of fused-ring (bicyclic) bond motifs is 1. The van der Waals surface area contributed by atoms with Crippen molar-refractivity contribution in [1.82, 2.24) is 25.4 Å². The molecule has 0 saturated heterocycles. The van der Waals surface area contributed by atoms with E-state index in [1.165, 1.54) is 12.1 Å². The molecule has 0 spiro atoms. The first-order chi connectivity index (χ1) is 14.0. The summed E-state index contributed by atoms with van der Waals surface area (Å²) in [6, 6.07) is 8.92. The van der Waals surface area contributed by atoms with E-state index in [2.05, 4.69) is 25.4 Å². The second-order valence-corrected chi connectivity index (χ2v) is 6.07. The minimum Gasteiger partial charge on any atom is -0.493 e. The molecule has 0 bridgehead atoms. The first-order valence-corrected chi connectivity index (χ1v) is 8.59. The highest BCUT2D eigenvalue weighted by Crippen LogP contribution is 2.33. The van der Waals surface area contributed by atoms with Gasteiger partial charge in [-0.25, -0.2) is 19.3 Å². The number of H-pyrrole nitrogens is 2. The van der Waals surface area contributed by atoms with Crippen LogP contribution in [0.15, 0.2) is 41.2 Å². The van der Waals surface area contributed by atoms with E-state index in [-0.39, 0.29) is 17.0 Å². The smallest absolute Gasteiger partial charge is 0.338 e. The van der Waals surface area contributed by atoms with Gasteiger partial charge in [-0.1, -0.05) is 17.3 Å². The van der Waals surface area contributed by atoms with Gasteiger partial charge in [-0.15, -0.1) is 5.10 Å². The molecular formula is C19H14FN5O4. The van der Waals surface area contributed by atoms with E-state index in [4.69, 9.17) is 9.84 Å². The molecule has 3 N–H and O–H groups in total. The Morgan fingerprint density at radius 2 is 1.97 bits per heavy atom. The molecule has 2 aromatic carbocycles. The molecule has 2 heterocycles. The van der Waals surface area contributed by atoms with Crippen molar-refractivity contribution >= 4 is 17.1 Å². The number of rotatable bonds is 5. The molecule has 2 aromatic heterocycles. The van der Waals surface area contributed by atoms with Crippen LogP contribution < -0.4 is 10.3 Å². The average molecular weight is 395 g/mol. The normalized spacial score (nSPS) is 11.0. The summed E-state index contributed by atoms with van der Waals surface area (Å²) in [5, 5.41) is 18.8. The molecule has 9 nitrogen and oxygen atoms in total. The lowest BCUT2D eigenvalue weighted by molar-refractivity contribution is 0.0692. The first-order valence-electron chi connectivity index (χ1n) is 8.59. The number of hydrogen-bond donors (Lipinski definition) is 3. The van der Waals surface area contributed by atoms with Gasteiger partial charge in [0.1, 0.15) is 17.4 Å². The number of carboxylic acid groups (broad SMARTS) is 1. The van der Waals surface area contributed by atoms with Gasteiger partial charge in [0.25, 0.3) is 5.56 Å². The second-order valence-electron chi connectivity index (χ2n) is 6.07. The maximum Gasteiger partial charge on any atom is 0.338 e. The summed E-state index contributed by atoms with van der Waals surface area (Å²) in [7, 11) is 0. The summed E-state index contributed by atoms with van der Waals surface area (Å²) in [4.78, 5) is 30.1. The molecule has 4 aromatic rings. The van der Waals surface area contributed by atoms with Crippen molar-refractivity contribution in [2.24, 2.45) is 0 Å². The number of carboxylic acids is 1. The molecule has 0 radical (unpaired) electrons. The number of aromatic amines is 2. The van der Waals surface area contributed by atoms with E-state index >= 15 is 0 Å². The predicted octanol–water partition coefficient (Wildman–Crippen LogP) is 2.61. The molecule has 4 rings (SSSR count). The maximum atomic E-state index is 14.1. The summed E-state index contributed by atoms with van der Waals surface area (Å²) >= 11 is 0. The number of nitrogens with one attached hydrogen (secondary N) is 2. The van der Waals surface area contributed by atoms with Crippen LogP contribution in [0.3, 0.4) is 0 Å². The summed E-state index contributed by atoms with van der Waals surface area (Å²) < 4.78 is 19.8. The quantitative estimate of drug-likeness (QED) is 0.473. The van der Waals surface area contributed by atoms with E-state index < -0.39 is 22.9 Å². The lowest BCUT2D eigenvalue weighted by Gasteiger charge is -2.12. The third kappa shape index (κ3) is 3.31. The molecule has 0 amide bonds. The van der Waals surface area contributed by atoms with Gasteiger partial charge in [-0.05, 0) is 42.3 Å². The molecule has 0 atom stereocenters. The summed E-state index contributed by atoms with van der Waals surface area (Å²) in [5.74, 6) is -1.49. The van der Waals surface area contributed by atoms with Crippen molar-refractivity contribution in [2.45, 2.75) is 6.92 Å². The van der Waals surface area contributed by atoms with Gasteiger partial charge in [-0.2, -0.15) is 0 Å². The van der Waals surface area contributed by atoms with Crippen LogP contribution in [0.25, 0.3) is 33.7 Å². The molecular weight excluding hydrogens is 381 g/mol. The van der Waals surface area contributed by atoms with Crippen LogP contribution in [0, 0.1) is 5.82 Å². The molecule has 29 heavy (non-hydrogen) atoms. The zero-order chi connectivity index (χ0) is 20.5. The molecule has 0 fully saturated rings.